The van der Waals surface area contributed by atoms with E-state index >= 15 is 0 Å². The fraction of sp³-hybridized carbons (Fsp3) is 0.222. The number of rotatable bonds is 4. The van der Waals surface area contributed by atoms with Crippen LogP contribution in [0.25, 0.3) is 6.08 Å². The second kappa shape index (κ2) is 5.95. The first-order valence-corrected chi connectivity index (χ1v) is 5.73. The van der Waals surface area contributed by atoms with E-state index in [1.807, 2.05) is 11.4 Å². The maximum Gasteiger partial charge on any atom is 0.267 e. The summed E-state index contributed by atoms with van der Waals surface area (Å²) in [5.74, 6) is -0.255. The van der Waals surface area contributed by atoms with Gasteiger partial charge in [-0.1, -0.05) is 0 Å². The molecule has 1 aromatic rings. The number of thiophene rings is 1. The highest BCUT2D eigenvalue weighted by Gasteiger charge is 1.95. The smallest absolute Gasteiger partial charge is 0.267 e. The maximum atomic E-state index is 11.1. The largest absolute Gasteiger partial charge is 0.274 e. The summed E-state index contributed by atoms with van der Waals surface area (Å²) in [5, 5.41) is 1.95. The molecule has 0 unspecified atom stereocenters. The molecule has 0 aliphatic rings. The average Bonchev–Trinajstić information content (AvgIpc) is 2.58. The van der Waals surface area contributed by atoms with Crippen molar-refractivity contribution in [2.75, 3.05) is 6.61 Å². The second-order valence-electron chi connectivity index (χ2n) is 2.42. The first kappa shape index (κ1) is 11.4. The van der Waals surface area contributed by atoms with Gasteiger partial charge in [0.15, 0.2) is 0 Å². The standard InChI is InChI=1S/C9H10BrNO2S/c1-2-13-11-9(12)4-3-7-5-8(10)14-6-7/h3-6H,2H2,1H3,(H,11,12)/b4-3-. The van der Waals surface area contributed by atoms with Crippen LogP contribution in [0.15, 0.2) is 21.3 Å². The van der Waals surface area contributed by atoms with Crippen molar-refractivity contribution in [1.29, 1.82) is 0 Å². The first-order chi connectivity index (χ1) is 6.72. The van der Waals surface area contributed by atoms with Crippen LogP contribution in [0.4, 0.5) is 0 Å². The Morgan fingerprint density at radius 3 is 3.14 bits per heavy atom. The topological polar surface area (TPSA) is 38.3 Å². The zero-order chi connectivity index (χ0) is 10.4. The number of carbonyl (C=O) groups excluding carboxylic acids is 1. The van der Waals surface area contributed by atoms with Crippen LogP contribution in [-0.4, -0.2) is 12.5 Å². The zero-order valence-corrected chi connectivity index (χ0v) is 10.0. The van der Waals surface area contributed by atoms with Gasteiger partial charge in [0.2, 0.25) is 0 Å². The van der Waals surface area contributed by atoms with Crippen molar-refractivity contribution in [2.24, 2.45) is 0 Å². The number of halogens is 1. The van der Waals surface area contributed by atoms with Crippen molar-refractivity contribution in [1.82, 2.24) is 5.48 Å². The molecule has 1 heterocycles. The van der Waals surface area contributed by atoms with Crippen molar-refractivity contribution < 1.29 is 9.63 Å². The minimum absolute atomic E-state index is 0.255. The number of amides is 1. The van der Waals surface area contributed by atoms with E-state index in [4.69, 9.17) is 4.84 Å². The molecule has 1 amide bonds. The van der Waals surface area contributed by atoms with Gasteiger partial charge in [0.05, 0.1) is 10.4 Å². The van der Waals surface area contributed by atoms with E-state index in [1.165, 1.54) is 6.08 Å². The Morgan fingerprint density at radius 1 is 1.79 bits per heavy atom. The van der Waals surface area contributed by atoms with E-state index < -0.39 is 0 Å². The minimum atomic E-state index is -0.255. The van der Waals surface area contributed by atoms with Crippen LogP contribution in [0.1, 0.15) is 12.5 Å². The van der Waals surface area contributed by atoms with Gasteiger partial charge in [-0.25, -0.2) is 5.48 Å². The summed E-state index contributed by atoms with van der Waals surface area (Å²) in [4.78, 5) is 15.8. The fourth-order valence-electron chi connectivity index (χ4n) is 0.760. The summed E-state index contributed by atoms with van der Waals surface area (Å²) in [5.41, 5.74) is 3.27. The van der Waals surface area contributed by atoms with Gasteiger partial charge in [-0.15, -0.1) is 11.3 Å². The molecular formula is C9H10BrNO2S. The summed E-state index contributed by atoms with van der Waals surface area (Å²) < 4.78 is 1.04. The SMILES string of the molecule is CCONC(=O)/C=C\c1csc(Br)c1. The lowest BCUT2D eigenvalue weighted by Gasteiger charge is -1.97. The molecular weight excluding hydrogens is 266 g/mol. The van der Waals surface area contributed by atoms with E-state index in [-0.39, 0.29) is 5.91 Å². The molecule has 0 saturated carbocycles. The third-order valence-corrected chi connectivity index (χ3v) is 2.85. The Bertz CT molecular complexity index is 335. The lowest BCUT2D eigenvalue weighted by Crippen LogP contribution is -2.20. The zero-order valence-electron chi connectivity index (χ0n) is 7.62. The molecule has 76 valence electrons. The molecule has 0 fully saturated rings. The summed E-state index contributed by atoms with van der Waals surface area (Å²) in [6.45, 7) is 2.27. The lowest BCUT2D eigenvalue weighted by atomic mass is 10.3. The minimum Gasteiger partial charge on any atom is -0.274 e. The van der Waals surface area contributed by atoms with Crippen LogP contribution >= 0.6 is 27.3 Å². The molecule has 0 spiro atoms. The van der Waals surface area contributed by atoms with Crippen LogP contribution in [-0.2, 0) is 9.63 Å². The molecule has 1 rings (SSSR count). The van der Waals surface area contributed by atoms with Crippen LogP contribution in [0.3, 0.4) is 0 Å². The number of carbonyl (C=O) groups is 1. The Morgan fingerprint density at radius 2 is 2.57 bits per heavy atom. The Hall–Kier alpha value is -0.650. The maximum absolute atomic E-state index is 11.1. The van der Waals surface area contributed by atoms with Crippen LogP contribution in [0.5, 0.6) is 0 Å². The molecule has 1 aromatic heterocycles. The van der Waals surface area contributed by atoms with Crippen molar-refractivity contribution in [3.8, 4) is 0 Å². The van der Waals surface area contributed by atoms with Gasteiger partial charge in [-0.3, -0.25) is 9.63 Å². The lowest BCUT2D eigenvalue weighted by molar-refractivity contribution is -0.127. The summed E-state index contributed by atoms with van der Waals surface area (Å²) in [7, 11) is 0. The van der Waals surface area contributed by atoms with Gasteiger partial charge < -0.3 is 0 Å². The van der Waals surface area contributed by atoms with Gasteiger partial charge in [-0.05, 0) is 45.9 Å². The first-order valence-electron chi connectivity index (χ1n) is 4.06. The van der Waals surface area contributed by atoms with E-state index in [2.05, 4.69) is 21.4 Å². The van der Waals surface area contributed by atoms with Gasteiger partial charge in [-0.2, -0.15) is 0 Å². The summed E-state index contributed by atoms with van der Waals surface area (Å²) >= 11 is 4.92. The number of hydroxylamine groups is 1. The van der Waals surface area contributed by atoms with Gasteiger partial charge in [0, 0.05) is 6.08 Å². The molecule has 0 bridgehead atoms. The number of nitrogens with one attached hydrogen (secondary N) is 1. The van der Waals surface area contributed by atoms with Crippen molar-refractivity contribution >= 4 is 39.2 Å². The summed E-state index contributed by atoms with van der Waals surface area (Å²) in [6.07, 6.45) is 3.17. The average molecular weight is 276 g/mol. The van der Waals surface area contributed by atoms with Gasteiger partial charge in [0.1, 0.15) is 0 Å². The highest BCUT2D eigenvalue weighted by Crippen LogP contribution is 2.21. The molecule has 0 aromatic carbocycles. The molecule has 3 nitrogen and oxygen atoms in total. The van der Waals surface area contributed by atoms with Crippen LogP contribution < -0.4 is 5.48 Å². The number of hydrogen-bond donors (Lipinski definition) is 1. The molecule has 0 aliphatic heterocycles. The molecule has 1 N–H and O–H groups in total. The Kier molecular flexibility index (Phi) is 4.86. The van der Waals surface area contributed by atoms with E-state index in [9.17, 15) is 4.79 Å². The van der Waals surface area contributed by atoms with Crippen molar-refractivity contribution in [3.63, 3.8) is 0 Å². The molecule has 0 radical (unpaired) electrons. The van der Waals surface area contributed by atoms with Gasteiger partial charge in [0.25, 0.3) is 5.91 Å². The van der Waals surface area contributed by atoms with E-state index in [0.717, 1.165) is 9.35 Å². The van der Waals surface area contributed by atoms with E-state index in [1.54, 1.807) is 24.3 Å². The molecule has 5 heteroatoms. The van der Waals surface area contributed by atoms with Crippen molar-refractivity contribution in [3.05, 3.63) is 26.9 Å². The van der Waals surface area contributed by atoms with Crippen LogP contribution in [0, 0.1) is 0 Å². The fourth-order valence-corrected chi connectivity index (χ4v) is 1.90. The molecule has 0 saturated heterocycles. The normalized spacial score (nSPS) is 10.7. The second-order valence-corrected chi connectivity index (χ2v) is 4.71. The molecule has 14 heavy (non-hydrogen) atoms. The molecule has 0 atom stereocenters. The quantitative estimate of drug-likeness (QED) is 0.678. The Balaban J connectivity index is 2.43. The predicted molar refractivity (Wildman–Crippen MR) is 60.8 cm³/mol. The Labute approximate surface area is 94.9 Å². The van der Waals surface area contributed by atoms with Crippen molar-refractivity contribution in [2.45, 2.75) is 6.92 Å². The highest BCUT2D eigenvalue weighted by atomic mass is 79.9. The highest BCUT2D eigenvalue weighted by molar-refractivity contribution is 9.11. The third-order valence-electron chi connectivity index (χ3n) is 1.33. The predicted octanol–water partition coefficient (Wildman–Crippen LogP) is 2.59. The summed E-state index contributed by atoms with van der Waals surface area (Å²) in [6, 6.07) is 1.94. The monoisotopic (exact) mass is 275 g/mol. The van der Waals surface area contributed by atoms with Gasteiger partial charge >= 0.3 is 0 Å². The number of hydrogen-bond acceptors (Lipinski definition) is 3. The van der Waals surface area contributed by atoms with E-state index in [0.29, 0.717) is 6.61 Å². The van der Waals surface area contributed by atoms with Crippen LogP contribution in [0.2, 0.25) is 0 Å². The third kappa shape index (κ3) is 4.04. The molecule has 0 aliphatic carbocycles.